The molecule has 3 amide bonds. The summed E-state index contributed by atoms with van der Waals surface area (Å²) in [6.07, 6.45) is 0.354. The molecule has 1 fully saturated rings. The zero-order chi connectivity index (χ0) is 49.4. The summed E-state index contributed by atoms with van der Waals surface area (Å²) in [5.41, 5.74) is 5.28. The molecular weight excluding hydrogens is 902 g/mol. The fourth-order valence-electron chi connectivity index (χ4n) is 8.71. The van der Waals surface area contributed by atoms with Gasteiger partial charge in [-0.15, -0.1) is 0 Å². The number of fused-ring (bicyclic) bond motifs is 3. The Morgan fingerprint density at radius 1 is 0.884 bits per heavy atom. The highest BCUT2D eigenvalue weighted by atomic mass is 35.5. The molecule has 0 spiro atoms. The van der Waals surface area contributed by atoms with Crippen molar-refractivity contribution < 1.29 is 52.5 Å². The number of hydrogen-bond acceptors (Lipinski definition) is 11. The molecule has 364 valence electrons. The van der Waals surface area contributed by atoms with E-state index in [1.807, 2.05) is 57.2 Å². The summed E-state index contributed by atoms with van der Waals surface area (Å²) >= 11 is 6.37. The lowest BCUT2D eigenvalue weighted by Gasteiger charge is -2.29. The number of benzene rings is 4. The first kappa shape index (κ1) is 50.4. The maximum Gasteiger partial charge on any atom is 0.347 e. The molecule has 4 aromatic carbocycles. The van der Waals surface area contributed by atoms with Gasteiger partial charge in [0.1, 0.15) is 30.6 Å². The van der Waals surface area contributed by atoms with Crippen LogP contribution in [0.1, 0.15) is 94.6 Å². The van der Waals surface area contributed by atoms with E-state index in [0.29, 0.717) is 22.0 Å². The molecule has 69 heavy (non-hydrogen) atoms. The average molecular weight is 963 g/mol. The van der Waals surface area contributed by atoms with Crippen LogP contribution in [0.5, 0.6) is 5.75 Å². The maximum absolute atomic E-state index is 13.9. The number of anilines is 1. The number of cyclic esters (lactones) is 2. The lowest BCUT2D eigenvalue weighted by molar-refractivity contribution is -0.179. The molecule has 7 rings (SSSR count). The van der Waals surface area contributed by atoms with Crippen molar-refractivity contribution in [3.05, 3.63) is 130 Å². The van der Waals surface area contributed by atoms with Crippen LogP contribution in [0.3, 0.4) is 0 Å². The van der Waals surface area contributed by atoms with E-state index in [9.17, 15) is 28.8 Å². The Morgan fingerprint density at radius 3 is 2.22 bits per heavy atom. The van der Waals surface area contributed by atoms with Crippen molar-refractivity contribution in [1.29, 1.82) is 0 Å². The minimum Gasteiger partial charge on any atom is -0.495 e. The van der Waals surface area contributed by atoms with E-state index in [1.165, 1.54) is 13.2 Å². The Morgan fingerprint density at radius 2 is 1.57 bits per heavy atom. The van der Waals surface area contributed by atoms with Crippen LogP contribution in [0.2, 0.25) is 5.02 Å². The van der Waals surface area contributed by atoms with Crippen LogP contribution in [-0.4, -0.2) is 80.2 Å². The van der Waals surface area contributed by atoms with Gasteiger partial charge >= 0.3 is 17.9 Å². The Bertz CT molecular complexity index is 2530. The standard InChI is InChI=1S/C54H60ClN3O11/c1-31(2)26-45-52(63)67-43(16-11-17-46(59)58-42(28-33-18-23-44(65-6)41(55)27-33)51(62)56-30-54(4,5)53(64)68-45)32(3)49-50(69-49)34-19-21-35(22-20-34)57-47(60)24-25-48(61)66-29-40-38-14-9-7-12-36(38)37-13-8-10-15-39(37)40/h7-15,17-23,27,31-32,40,42-43,45,49-50H,16,24-26,28-30H2,1-6H3,(H,56,62)(H,57,60)(H,58,59)/b17-11+/t32-,42+,43-,45-,49+,50+/m0/s1. The number of epoxide rings is 1. The number of esters is 3. The van der Waals surface area contributed by atoms with Crippen molar-refractivity contribution in [2.45, 2.75) is 103 Å². The van der Waals surface area contributed by atoms with Gasteiger partial charge in [0.25, 0.3) is 0 Å². The summed E-state index contributed by atoms with van der Waals surface area (Å²) in [7, 11) is 1.49. The molecule has 4 aromatic rings. The van der Waals surface area contributed by atoms with Crippen molar-refractivity contribution in [3.8, 4) is 16.9 Å². The number of halogens is 1. The SMILES string of the molecule is COc1ccc(C[C@H]2NC(=O)/C=C/C[C@@H]([C@H](C)[C@H]3O[C@@H]3c3ccc(NC(=O)CCC(=O)OCC4c5ccccc5-c5ccccc54)cc3)OC(=O)[C@H](CC(C)C)OC(=O)C(C)(C)CNC2=O)cc1Cl. The van der Waals surface area contributed by atoms with E-state index in [4.69, 9.17) is 35.3 Å². The van der Waals surface area contributed by atoms with E-state index in [-0.39, 0.29) is 75.2 Å². The molecule has 0 saturated carbocycles. The van der Waals surface area contributed by atoms with Crippen LogP contribution in [0.4, 0.5) is 5.69 Å². The van der Waals surface area contributed by atoms with Gasteiger partial charge in [-0.25, -0.2) is 4.79 Å². The van der Waals surface area contributed by atoms with Gasteiger partial charge < -0.3 is 39.6 Å². The second-order valence-corrected chi connectivity index (χ2v) is 19.3. The van der Waals surface area contributed by atoms with Crippen LogP contribution in [-0.2, 0) is 54.1 Å². The summed E-state index contributed by atoms with van der Waals surface area (Å²) in [4.78, 5) is 80.3. The van der Waals surface area contributed by atoms with Crippen LogP contribution in [0, 0.1) is 17.3 Å². The molecule has 0 aromatic heterocycles. The fourth-order valence-corrected chi connectivity index (χ4v) is 8.99. The second-order valence-electron chi connectivity index (χ2n) is 18.9. The Labute approximate surface area is 407 Å². The highest BCUT2D eigenvalue weighted by molar-refractivity contribution is 6.32. The average Bonchev–Trinajstić information content (AvgIpc) is 4.06. The molecule has 14 nitrogen and oxygen atoms in total. The minimum absolute atomic E-state index is 0.0410. The first-order valence-corrected chi connectivity index (χ1v) is 23.8. The third-order valence-electron chi connectivity index (χ3n) is 12.7. The molecule has 3 N–H and O–H groups in total. The largest absolute Gasteiger partial charge is 0.495 e. The third kappa shape index (κ3) is 12.8. The van der Waals surface area contributed by atoms with Gasteiger partial charge in [-0.1, -0.05) is 105 Å². The normalized spacial score (nSPS) is 22.5. The minimum atomic E-state index is -1.26. The van der Waals surface area contributed by atoms with Crippen LogP contribution < -0.4 is 20.7 Å². The van der Waals surface area contributed by atoms with Gasteiger partial charge in [-0.3, -0.25) is 24.0 Å². The third-order valence-corrected chi connectivity index (χ3v) is 13.0. The lowest BCUT2D eigenvalue weighted by atomic mass is 9.92. The number of carbonyl (C=O) groups is 6. The molecule has 15 heteroatoms. The molecular formula is C54H60ClN3O11. The van der Waals surface area contributed by atoms with Gasteiger partial charge in [-0.2, -0.15) is 0 Å². The highest BCUT2D eigenvalue weighted by Crippen LogP contribution is 2.46. The topological polar surface area (TPSA) is 188 Å². The summed E-state index contributed by atoms with van der Waals surface area (Å²) in [5.74, 6) is -3.35. The number of nitrogens with one attached hydrogen (secondary N) is 3. The van der Waals surface area contributed by atoms with Crippen molar-refractivity contribution >= 4 is 52.9 Å². The number of hydrogen-bond donors (Lipinski definition) is 3. The van der Waals surface area contributed by atoms with Gasteiger partial charge in [0, 0.05) is 43.3 Å². The number of methoxy groups -OCH3 is 1. The molecule has 1 saturated heterocycles. The Kier molecular flexibility index (Phi) is 16.3. The number of ether oxygens (including phenoxy) is 5. The zero-order valence-electron chi connectivity index (χ0n) is 39.8. The predicted molar refractivity (Wildman–Crippen MR) is 259 cm³/mol. The van der Waals surface area contributed by atoms with E-state index in [1.54, 1.807) is 50.3 Å². The first-order valence-electron chi connectivity index (χ1n) is 23.4. The van der Waals surface area contributed by atoms with E-state index < -0.39 is 59.3 Å². The van der Waals surface area contributed by atoms with E-state index in [0.717, 1.165) is 27.8 Å². The zero-order valence-corrected chi connectivity index (χ0v) is 40.5. The smallest absolute Gasteiger partial charge is 0.347 e. The first-order chi connectivity index (χ1) is 33.0. The molecule has 1 aliphatic carbocycles. The number of carbonyl (C=O) groups excluding carboxylic acids is 6. The summed E-state index contributed by atoms with van der Waals surface area (Å²) in [5, 5.41) is 8.73. The Hall–Kier alpha value is -6.51. The molecule has 0 unspecified atom stereocenters. The van der Waals surface area contributed by atoms with Gasteiger partial charge in [0.2, 0.25) is 17.7 Å². The predicted octanol–water partition coefficient (Wildman–Crippen LogP) is 8.20. The summed E-state index contributed by atoms with van der Waals surface area (Å²) in [6.45, 7) is 8.92. The quantitative estimate of drug-likeness (QED) is 0.0628. The molecule has 2 heterocycles. The van der Waals surface area contributed by atoms with Crippen molar-refractivity contribution in [3.63, 3.8) is 0 Å². The molecule has 0 radical (unpaired) electrons. The lowest BCUT2D eigenvalue weighted by Crippen LogP contribution is -2.51. The van der Waals surface area contributed by atoms with Crippen molar-refractivity contribution in [1.82, 2.24) is 10.6 Å². The van der Waals surface area contributed by atoms with Crippen LogP contribution >= 0.6 is 11.6 Å². The molecule has 2 aliphatic heterocycles. The second kappa shape index (κ2) is 22.3. The molecule has 6 atom stereocenters. The summed E-state index contributed by atoms with van der Waals surface area (Å²) < 4.78 is 29.1. The monoisotopic (exact) mass is 961 g/mol. The molecule has 0 bridgehead atoms. The highest BCUT2D eigenvalue weighted by Gasteiger charge is 2.48. The summed E-state index contributed by atoms with van der Waals surface area (Å²) in [6, 6.07) is 27.4. The van der Waals surface area contributed by atoms with Crippen LogP contribution in [0.25, 0.3) is 11.1 Å². The van der Waals surface area contributed by atoms with Gasteiger partial charge in [-0.05, 0) is 89.9 Å². The number of amides is 3. The van der Waals surface area contributed by atoms with E-state index >= 15 is 0 Å². The van der Waals surface area contributed by atoms with Crippen molar-refractivity contribution in [2.75, 3.05) is 25.6 Å². The van der Waals surface area contributed by atoms with E-state index in [2.05, 4.69) is 40.2 Å². The van der Waals surface area contributed by atoms with Crippen molar-refractivity contribution in [2.24, 2.45) is 17.3 Å². The Balaban J connectivity index is 0.971. The van der Waals surface area contributed by atoms with Gasteiger partial charge in [0.15, 0.2) is 6.10 Å². The molecule has 3 aliphatic rings. The van der Waals surface area contributed by atoms with Crippen LogP contribution in [0.15, 0.2) is 103 Å². The maximum atomic E-state index is 13.9. The number of rotatable bonds is 14. The fraction of sp³-hybridized carbons (Fsp3) is 0.407. The van der Waals surface area contributed by atoms with Gasteiger partial charge in [0.05, 0.1) is 30.1 Å².